The molecule has 2 unspecified atom stereocenters. The standard InChI is InChI=1S/C15H22N2O2/c1-12-9-17(10-13-5-3-2-4-6-13)11-14(16-12)7-8-15(18)19/h2-6,12,14,16H,7-11H2,1H3,(H,18,19). The maximum absolute atomic E-state index is 10.7. The van der Waals surface area contributed by atoms with Crippen LogP contribution in [0.25, 0.3) is 0 Å². The molecule has 1 aromatic rings. The van der Waals surface area contributed by atoms with Gasteiger partial charge in [-0.3, -0.25) is 9.69 Å². The van der Waals surface area contributed by atoms with Gasteiger partial charge in [0.05, 0.1) is 0 Å². The molecule has 1 aromatic carbocycles. The molecule has 0 spiro atoms. The second-order valence-corrected chi connectivity index (χ2v) is 5.38. The van der Waals surface area contributed by atoms with Gasteiger partial charge in [-0.05, 0) is 18.9 Å². The second-order valence-electron chi connectivity index (χ2n) is 5.38. The van der Waals surface area contributed by atoms with Crippen LogP contribution in [0.2, 0.25) is 0 Å². The van der Waals surface area contributed by atoms with Crippen LogP contribution in [0.4, 0.5) is 0 Å². The molecule has 0 aliphatic carbocycles. The van der Waals surface area contributed by atoms with E-state index >= 15 is 0 Å². The van der Waals surface area contributed by atoms with Gasteiger partial charge < -0.3 is 10.4 Å². The van der Waals surface area contributed by atoms with Crippen molar-refractivity contribution in [1.29, 1.82) is 0 Å². The Morgan fingerprint density at radius 3 is 2.79 bits per heavy atom. The van der Waals surface area contributed by atoms with Crippen LogP contribution in [0.5, 0.6) is 0 Å². The third-order valence-electron chi connectivity index (χ3n) is 3.49. The topological polar surface area (TPSA) is 52.6 Å². The number of benzene rings is 1. The molecule has 2 atom stereocenters. The monoisotopic (exact) mass is 262 g/mol. The summed E-state index contributed by atoms with van der Waals surface area (Å²) in [5, 5.41) is 12.3. The lowest BCUT2D eigenvalue weighted by atomic mass is 10.0. The molecule has 19 heavy (non-hydrogen) atoms. The summed E-state index contributed by atoms with van der Waals surface area (Å²) in [6.45, 7) is 5.03. The van der Waals surface area contributed by atoms with E-state index < -0.39 is 5.97 Å². The summed E-state index contributed by atoms with van der Waals surface area (Å²) in [5.41, 5.74) is 1.31. The average molecular weight is 262 g/mol. The molecular formula is C15H22N2O2. The lowest BCUT2D eigenvalue weighted by molar-refractivity contribution is -0.137. The highest BCUT2D eigenvalue weighted by Gasteiger charge is 2.24. The lowest BCUT2D eigenvalue weighted by Gasteiger charge is -2.37. The van der Waals surface area contributed by atoms with Crippen LogP contribution < -0.4 is 5.32 Å². The fraction of sp³-hybridized carbons (Fsp3) is 0.533. The van der Waals surface area contributed by atoms with Crippen molar-refractivity contribution in [3.8, 4) is 0 Å². The predicted molar refractivity (Wildman–Crippen MR) is 75.0 cm³/mol. The van der Waals surface area contributed by atoms with Gasteiger partial charge in [0, 0.05) is 38.1 Å². The number of rotatable bonds is 5. The third kappa shape index (κ3) is 4.65. The summed E-state index contributed by atoms with van der Waals surface area (Å²) >= 11 is 0. The van der Waals surface area contributed by atoms with Crippen molar-refractivity contribution in [3.63, 3.8) is 0 Å². The van der Waals surface area contributed by atoms with Gasteiger partial charge in [0.15, 0.2) is 0 Å². The fourth-order valence-electron chi connectivity index (χ4n) is 2.72. The van der Waals surface area contributed by atoms with E-state index in [-0.39, 0.29) is 12.5 Å². The Kier molecular flexibility index (Phi) is 4.93. The van der Waals surface area contributed by atoms with Crippen molar-refractivity contribution >= 4 is 5.97 Å². The van der Waals surface area contributed by atoms with E-state index in [9.17, 15) is 4.79 Å². The van der Waals surface area contributed by atoms with Crippen molar-refractivity contribution in [2.75, 3.05) is 13.1 Å². The number of carboxylic acids is 1. The van der Waals surface area contributed by atoms with Gasteiger partial charge in [-0.25, -0.2) is 0 Å². The average Bonchev–Trinajstić information content (AvgIpc) is 2.37. The number of carboxylic acid groups (broad SMARTS) is 1. The lowest BCUT2D eigenvalue weighted by Crippen LogP contribution is -2.55. The van der Waals surface area contributed by atoms with Crippen molar-refractivity contribution in [2.24, 2.45) is 0 Å². The van der Waals surface area contributed by atoms with Crippen LogP contribution in [-0.4, -0.2) is 41.1 Å². The first kappa shape index (κ1) is 14.0. The molecule has 0 radical (unpaired) electrons. The third-order valence-corrected chi connectivity index (χ3v) is 3.49. The molecule has 1 aliphatic heterocycles. The first-order valence-corrected chi connectivity index (χ1v) is 6.87. The number of carbonyl (C=O) groups is 1. The highest BCUT2D eigenvalue weighted by Crippen LogP contribution is 2.12. The molecule has 1 saturated heterocycles. The zero-order valence-corrected chi connectivity index (χ0v) is 11.4. The van der Waals surface area contributed by atoms with Gasteiger partial charge in [0.1, 0.15) is 0 Å². The van der Waals surface area contributed by atoms with Crippen LogP contribution in [0.15, 0.2) is 30.3 Å². The van der Waals surface area contributed by atoms with Gasteiger partial charge in [-0.1, -0.05) is 30.3 Å². The van der Waals surface area contributed by atoms with E-state index in [1.54, 1.807) is 0 Å². The van der Waals surface area contributed by atoms with Gasteiger partial charge in [0.25, 0.3) is 0 Å². The Labute approximate surface area is 114 Å². The van der Waals surface area contributed by atoms with Crippen LogP contribution in [0.3, 0.4) is 0 Å². The Hall–Kier alpha value is -1.39. The molecule has 4 heteroatoms. The van der Waals surface area contributed by atoms with Crippen molar-refractivity contribution in [2.45, 2.75) is 38.4 Å². The van der Waals surface area contributed by atoms with E-state index in [0.29, 0.717) is 12.5 Å². The zero-order valence-electron chi connectivity index (χ0n) is 11.4. The highest BCUT2D eigenvalue weighted by atomic mass is 16.4. The normalized spacial score (nSPS) is 24.3. The van der Waals surface area contributed by atoms with E-state index in [1.165, 1.54) is 5.56 Å². The minimum Gasteiger partial charge on any atom is -0.481 e. The quantitative estimate of drug-likeness (QED) is 0.848. The number of aliphatic carboxylic acids is 1. The summed E-state index contributed by atoms with van der Waals surface area (Å²) < 4.78 is 0. The summed E-state index contributed by atoms with van der Waals surface area (Å²) in [6.07, 6.45) is 0.939. The number of hydrogen-bond donors (Lipinski definition) is 2. The van der Waals surface area contributed by atoms with E-state index in [4.69, 9.17) is 5.11 Å². The molecule has 2 N–H and O–H groups in total. The molecule has 1 fully saturated rings. The molecule has 0 saturated carbocycles. The number of nitrogens with one attached hydrogen (secondary N) is 1. The first-order chi connectivity index (χ1) is 9.13. The Morgan fingerprint density at radius 2 is 2.11 bits per heavy atom. The largest absolute Gasteiger partial charge is 0.481 e. The number of piperazine rings is 1. The second kappa shape index (κ2) is 6.68. The molecule has 1 aliphatic rings. The van der Waals surface area contributed by atoms with E-state index in [1.807, 2.05) is 6.07 Å². The smallest absolute Gasteiger partial charge is 0.303 e. The summed E-state index contributed by atoms with van der Waals surface area (Å²) in [5.74, 6) is -0.713. The SMILES string of the molecule is CC1CN(Cc2ccccc2)CC(CCC(=O)O)N1. The molecule has 104 valence electrons. The van der Waals surface area contributed by atoms with Gasteiger partial charge in [0.2, 0.25) is 0 Å². The predicted octanol–water partition coefficient (Wildman–Crippen LogP) is 1.71. The van der Waals surface area contributed by atoms with Crippen LogP contribution in [-0.2, 0) is 11.3 Å². The highest BCUT2D eigenvalue weighted by molar-refractivity contribution is 5.66. The molecule has 4 nitrogen and oxygen atoms in total. The Bertz CT molecular complexity index is 408. The number of nitrogens with zero attached hydrogens (tertiary/aromatic N) is 1. The molecule has 0 bridgehead atoms. The maximum atomic E-state index is 10.7. The van der Waals surface area contributed by atoms with Crippen LogP contribution in [0.1, 0.15) is 25.3 Å². The maximum Gasteiger partial charge on any atom is 0.303 e. The van der Waals surface area contributed by atoms with Gasteiger partial charge in [-0.2, -0.15) is 0 Å². The molecular weight excluding hydrogens is 240 g/mol. The molecule has 1 heterocycles. The van der Waals surface area contributed by atoms with Crippen molar-refractivity contribution < 1.29 is 9.90 Å². The minimum absolute atomic E-state index is 0.240. The summed E-state index contributed by atoms with van der Waals surface area (Å²) in [7, 11) is 0. The molecule has 2 rings (SSSR count). The Balaban J connectivity index is 1.88. The fourth-order valence-corrected chi connectivity index (χ4v) is 2.72. The summed E-state index contributed by atoms with van der Waals surface area (Å²) in [6, 6.07) is 11.1. The van der Waals surface area contributed by atoms with Gasteiger partial charge >= 0.3 is 5.97 Å². The summed E-state index contributed by atoms with van der Waals surface area (Å²) in [4.78, 5) is 13.1. The van der Waals surface area contributed by atoms with Crippen molar-refractivity contribution in [3.05, 3.63) is 35.9 Å². The van der Waals surface area contributed by atoms with E-state index in [0.717, 1.165) is 19.6 Å². The minimum atomic E-state index is -0.713. The van der Waals surface area contributed by atoms with Crippen molar-refractivity contribution in [1.82, 2.24) is 10.2 Å². The van der Waals surface area contributed by atoms with Crippen LogP contribution in [0, 0.1) is 0 Å². The van der Waals surface area contributed by atoms with Gasteiger partial charge in [-0.15, -0.1) is 0 Å². The van der Waals surface area contributed by atoms with Crippen LogP contribution >= 0.6 is 0 Å². The number of hydrogen-bond acceptors (Lipinski definition) is 3. The Morgan fingerprint density at radius 1 is 1.37 bits per heavy atom. The van der Waals surface area contributed by atoms with E-state index in [2.05, 4.69) is 41.4 Å². The molecule has 0 aromatic heterocycles. The molecule has 0 amide bonds. The first-order valence-electron chi connectivity index (χ1n) is 6.87. The zero-order chi connectivity index (χ0) is 13.7.